The van der Waals surface area contributed by atoms with Crippen molar-refractivity contribution in [3.05, 3.63) is 66.5 Å². The van der Waals surface area contributed by atoms with E-state index in [4.69, 9.17) is 4.74 Å². The lowest BCUT2D eigenvalue weighted by Crippen LogP contribution is -2.09. The Kier molecular flexibility index (Phi) is 2.58. The number of hydrogen-bond donors (Lipinski definition) is 1. The number of aryl methyl sites for hydroxylation is 2. The van der Waals surface area contributed by atoms with Crippen molar-refractivity contribution < 1.29 is 4.74 Å². The number of aromatic nitrogens is 3. The summed E-state index contributed by atoms with van der Waals surface area (Å²) in [5.74, 6) is 2.44. The minimum absolute atomic E-state index is 0.645. The molecule has 23 heavy (non-hydrogen) atoms. The van der Waals surface area contributed by atoms with Gasteiger partial charge in [0.15, 0.2) is 0 Å². The lowest BCUT2D eigenvalue weighted by molar-refractivity contribution is 0.465. The number of imidazole rings is 1. The highest BCUT2D eigenvalue weighted by Crippen LogP contribution is 2.32. The summed E-state index contributed by atoms with van der Waals surface area (Å²) in [6.45, 7) is 0.944. The van der Waals surface area contributed by atoms with Crippen LogP contribution < -0.4 is 4.74 Å². The van der Waals surface area contributed by atoms with Crippen molar-refractivity contribution in [1.82, 2.24) is 14.5 Å². The molecule has 5 rings (SSSR count). The zero-order chi connectivity index (χ0) is 15.2. The van der Waals surface area contributed by atoms with Crippen molar-refractivity contribution in [3.63, 3.8) is 0 Å². The van der Waals surface area contributed by atoms with E-state index in [0.717, 1.165) is 35.4 Å². The molecular weight excluding hydrogens is 286 g/mol. The summed E-state index contributed by atoms with van der Waals surface area (Å²) in [5, 5.41) is 1.14. The molecule has 4 aromatic rings. The van der Waals surface area contributed by atoms with Crippen molar-refractivity contribution >= 4 is 10.9 Å². The number of rotatable bonds is 2. The number of aromatic amines is 1. The van der Waals surface area contributed by atoms with Gasteiger partial charge in [0.2, 0.25) is 5.88 Å². The fourth-order valence-corrected chi connectivity index (χ4v) is 3.24. The highest BCUT2D eigenvalue weighted by molar-refractivity contribution is 5.80. The van der Waals surface area contributed by atoms with Crippen LogP contribution in [0.5, 0.6) is 11.6 Å². The fourth-order valence-electron chi connectivity index (χ4n) is 3.24. The second-order valence-electron chi connectivity index (χ2n) is 5.83. The van der Waals surface area contributed by atoms with Gasteiger partial charge in [-0.2, -0.15) is 4.98 Å². The smallest absolute Gasteiger partial charge is 0.237 e. The maximum absolute atomic E-state index is 5.98. The van der Waals surface area contributed by atoms with Gasteiger partial charge < -0.3 is 14.3 Å². The summed E-state index contributed by atoms with van der Waals surface area (Å²) in [6, 6.07) is 16.5. The number of ether oxygens (including phenoxy) is 1. The highest BCUT2D eigenvalue weighted by Gasteiger charge is 2.19. The summed E-state index contributed by atoms with van der Waals surface area (Å²) in [7, 11) is 0. The van der Waals surface area contributed by atoms with E-state index in [2.05, 4.69) is 38.8 Å². The molecule has 0 amide bonds. The average molecular weight is 301 g/mol. The van der Waals surface area contributed by atoms with E-state index in [1.54, 1.807) is 0 Å². The number of nitrogens with one attached hydrogen (secondary N) is 1. The van der Waals surface area contributed by atoms with Crippen LogP contribution in [-0.2, 0) is 13.0 Å². The second-order valence-corrected chi connectivity index (χ2v) is 5.83. The molecule has 1 N–H and O–H groups in total. The molecule has 0 radical (unpaired) electrons. The molecule has 4 heteroatoms. The molecule has 0 saturated heterocycles. The third kappa shape index (κ3) is 2.03. The maximum Gasteiger partial charge on any atom is 0.237 e. The molecule has 2 aromatic carbocycles. The van der Waals surface area contributed by atoms with Crippen molar-refractivity contribution in [2.24, 2.45) is 0 Å². The van der Waals surface area contributed by atoms with Crippen molar-refractivity contribution in [2.75, 3.05) is 0 Å². The number of fused-ring (bicyclic) bond motifs is 4. The zero-order valence-electron chi connectivity index (χ0n) is 12.5. The van der Waals surface area contributed by atoms with E-state index in [0.29, 0.717) is 5.88 Å². The average Bonchev–Trinajstić information content (AvgIpc) is 3.20. The molecule has 0 aliphatic carbocycles. The molecule has 0 atom stereocenters. The largest absolute Gasteiger partial charge is 0.437 e. The van der Waals surface area contributed by atoms with Gasteiger partial charge in [0.05, 0.1) is 6.20 Å². The number of nitrogens with zero attached hydrogens (tertiary/aromatic N) is 2. The summed E-state index contributed by atoms with van der Waals surface area (Å²) in [5.41, 5.74) is 3.66. The molecule has 1 aliphatic rings. The van der Waals surface area contributed by atoms with Crippen LogP contribution in [0.1, 0.15) is 5.56 Å². The first-order valence-corrected chi connectivity index (χ1v) is 7.77. The first kappa shape index (κ1) is 12.5. The third-order valence-electron chi connectivity index (χ3n) is 4.38. The molecule has 112 valence electrons. The van der Waals surface area contributed by atoms with E-state index >= 15 is 0 Å². The minimum Gasteiger partial charge on any atom is -0.437 e. The van der Waals surface area contributed by atoms with Gasteiger partial charge in [-0.3, -0.25) is 0 Å². The van der Waals surface area contributed by atoms with E-state index in [1.807, 2.05) is 36.7 Å². The summed E-state index contributed by atoms with van der Waals surface area (Å²) >= 11 is 0. The molecule has 3 heterocycles. The van der Waals surface area contributed by atoms with Gasteiger partial charge in [-0.15, -0.1) is 0 Å². The van der Waals surface area contributed by atoms with Crippen molar-refractivity contribution in [2.45, 2.75) is 13.0 Å². The minimum atomic E-state index is 0.645. The Labute approximate surface area is 133 Å². The monoisotopic (exact) mass is 301 g/mol. The van der Waals surface area contributed by atoms with Gasteiger partial charge in [0.1, 0.15) is 11.6 Å². The molecule has 4 nitrogen and oxygen atoms in total. The molecule has 0 saturated carbocycles. The predicted octanol–water partition coefficient (Wildman–Crippen LogP) is 4.38. The molecule has 0 spiro atoms. The Morgan fingerprint density at radius 2 is 2.04 bits per heavy atom. The van der Waals surface area contributed by atoms with Gasteiger partial charge >= 0.3 is 0 Å². The normalized spacial score (nSPS) is 12.9. The van der Waals surface area contributed by atoms with Gasteiger partial charge in [-0.05, 0) is 36.2 Å². The van der Waals surface area contributed by atoms with Crippen LogP contribution in [0.15, 0.2) is 60.9 Å². The number of hydrogen-bond acceptors (Lipinski definition) is 2. The topological polar surface area (TPSA) is 42.8 Å². The van der Waals surface area contributed by atoms with Crippen LogP contribution in [0, 0.1) is 0 Å². The van der Waals surface area contributed by atoms with E-state index in [1.165, 1.54) is 11.1 Å². The van der Waals surface area contributed by atoms with E-state index < -0.39 is 0 Å². The Balaban J connectivity index is 1.52. The maximum atomic E-state index is 5.98. The van der Waals surface area contributed by atoms with Crippen LogP contribution in [0.2, 0.25) is 0 Å². The van der Waals surface area contributed by atoms with Crippen LogP contribution in [0.4, 0.5) is 0 Å². The first-order valence-electron chi connectivity index (χ1n) is 7.77. The number of H-pyrrole nitrogens is 1. The highest BCUT2D eigenvalue weighted by atomic mass is 16.5. The fraction of sp³-hybridized carbons (Fsp3) is 0.105. The van der Waals surface area contributed by atoms with Crippen molar-refractivity contribution in [3.8, 4) is 23.0 Å². The summed E-state index contributed by atoms with van der Waals surface area (Å²) in [6.07, 6.45) is 4.96. The number of benzene rings is 2. The Bertz CT molecular complexity index is 1010. The van der Waals surface area contributed by atoms with Crippen molar-refractivity contribution in [1.29, 1.82) is 0 Å². The summed E-state index contributed by atoms with van der Waals surface area (Å²) < 4.78 is 8.15. The van der Waals surface area contributed by atoms with Gasteiger partial charge in [-0.1, -0.05) is 24.3 Å². The standard InChI is InChI=1S/C19H15N3O/c1-2-4-16-13(3-1)8-10-22-12-18(21-19(16)22)23-15-5-6-17-14(11-15)7-9-20-17/h1-7,9,11-12,20H,8,10H2. The SMILES string of the molecule is c1ccc2c(c1)CCn1cc(Oc3ccc4[nH]ccc4c3)nc1-2. The summed E-state index contributed by atoms with van der Waals surface area (Å²) in [4.78, 5) is 7.87. The first-order chi connectivity index (χ1) is 11.4. The quantitative estimate of drug-likeness (QED) is 0.597. The predicted molar refractivity (Wildman–Crippen MR) is 89.7 cm³/mol. The Morgan fingerprint density at radius 1 is 1.09 bits per heavy atom. The molecule has 0 fully saturated rings. The second kappa shape index (κ2) is 4.74. The van der Waals surface area contributed by atoms with Crippen LogP contribution in [-0.4, -0.2) is 14.5 Å². The Hall–Kier alpha value is -3.01. The molecule has 1 aliphatic heterocycles. The lowest BCUT2D eigenvalue weighted by atomic mass is 10.0. The Morgan fingerprint density at radius 3 is 3.04 bits per heavy atom. The molecular formula is C19H15N3O. The zero-order valence-corrected chi connectivity index (χ0v) is 12.5. The lowest BCUT2D eigenvalue weighted by Gasteiger charge is -2.16. The van der Waals surface area contributed by atoms with Crippen LogP contribution in [0.25, 0.3) is 22.3 Å². The van der Waals surface area contributed by atoms with Gasteiger partial charge in [-0.25, -0.2) is 0 Å². The molecule has 0 bridgehead atoms. The van der Waals surface area contributed by atoms with E-state index in [-0.39, 0.29) is 0 Å². The third-order valence-corrected chi connectivity index (χ3v) is 4.38. The van der Waals surface area contributed by atoms with Crippen LogP contribution in [0.3, 0.4) is 0 Å². The van der Waals surface area contributed by atoms with E-state index in [9.17, 15) is 0 Å². The van der Waals surface area contributed by atoms with Gasteiger partial charge in [0.25, 0.3) is 0 Å². The van der Waals surface area contributed by atoms with Gasteiger partial charge in [0, 0.05) is 29.2 Å². The van der Waals surface area contributed by atoms with Crippen LogP contribution >= 0.6 is 0 Å². The molecule has 2 aromatic heterocycles. The molecule has 0 unspecified atom stereocenters.